The summed E-state index contributed by atoms with van der Waals surface area (Å²) in [5.41, 5.74) is 3.90. The minimum Gasteiger partial charge on any atom is -0.325 e. The molecule has 1 aromatic carbocycles. The first-order valence-corrected chi connectivity index (χ1v) is 9.62. The molecule has 0 unspecified atom stereocenters. The second-order valence-corrected chi connectivity index (χ2v) is 7.55. The van der Waals surface area contributed by atoms with Gasteiger partial charge in [0.15, 0.2) is 0 Å². The lowest BCUT2D eigenvalue weighted by atomic mass is 9.97. The molecule has 0 aliphatic carbocycles. The van der Waals surface area contributed by atoms with Gasteiger partial charge in [-0.3, -0.25) is 4.79 Å². The van der Waals surface area contributed by atoms with Crippen molar-refractivity contribution in [2.75, 3.05) is 12.3 Å². The van der Waals surface area contributed by atoms with Gasteiger partial charge in [0.25, 0.3) is 0 Å². The Balaban J connectivity index is 2.17. The molecule has 0 spiro atoms. The average molecular weight is 320 g/mol. The van der Waals surface area contributed by atoms with Crippen LogP contribution in [0.5, 0.6) is 0 Å². The topological polar surface area (TPSA) is 20.3 Å². The summed E-state index contributed by atoms with van der Waals surface area (Å²) in [7, 11) is 0. The van der Waals surface area contributed by atoms with E-state index in [4.69, 9.17) is 0 Å². The van der Waals surface area contributed by atoms with Gasteiger partial charge in [0.1, 0.15) is 5.37 Å². The van der Waals surface area contributed by atoms with Gasteiger partial charge < -0.3 is 4.90 Å². The van der Waals surface area contributed by atoms with E-state index in [0.717, 1.165) is 31.6 Å². The van der Waals surface area contributed by atoms with Crippen LogP contribution in [0.1, 0.15) is 61.6 Å². The van der Waals surface area contributed by atoms with E-state index < -0.39 is 0 Å². The maximum Gasteiger partial charge on any atom is 0.226 e. The fourth-order valence-electron chi connectivity index (χ4n) is 3.24. The summed E-state index contributed by atoms with van der Waals surface area (Å²) in [5, 5.41) is 0.212. The molecule has 22 heavy (non-hydrogen) atoms. The number of nitrogens with zero attached hydrogens (tertiary/aromatic N) is 1. The van der Waals surface area contributed by atoms with Crippen LogP contribution in [0.2, 0.25) is 0 Å². The van der Waals surface area contributed by atoms with Gasteiger partial charge >= 0.3 is 0 Å². The van der Waals surface area contributed by atoms with Crippen molar-refractivity contribution >= 4 is 17.7 Å². The SMILES string of the molecule is CCCC[C@@H](CC)C(=O)N1CCS[C@@H]1c1ccc(C)cc1C. The number of hydrogen-bond donors (Lipinski definition) is 0. The molecular weight excluding hydrogens is 290 g/mol. The smallest absolute Gasteiger partial charge is 0.226 e. The van der Waals surface area contributed by atoms with Crippen LogP contribution in [-0.2, 0) is 4.79 Å². The maximum atomic E-state index is 13.0. The molecule has 0 aromatic heterocycles. The number of aryl methyl sites for hydroxylation is 2. The summed E-state index contributed by atoms with van der Waals surface area (Å²) >= 11 is 1.91. The van der Waals surface area contributed by atoms with E-state index in [-0.39, 0.29) is 11.3 Å². The molecule has 122 valence electrons. The minimum atomic E-state index is 0.201. The summed E-state index contributed by atoms with van der Waals surface area (Å²) in [4.78, 5) is 15.1. The van der Waals surface area contributed by atoms with E-state index >= 15 is 0 Å². The summed E-state index contributed by atoms with van der Waals surface area (Å²) in [6.07, 6.45) is 4.31. The highest BCUT2D eigenvalue weighted by Gasteiger charge is 2.34. The zero-order chi connectivity index (χ0) is 16.1. The van der Waals surface area contributed by atoms with Gasteiger partial charge in [-0.25, -0.2) is 0 Å². The fraction of sp³-hybridized carbons (Fsp3) is 0.632. The van der Waals surface area contributed by atoms with Gasteiger partial charge in [-0.05, 0) is 37.8 Å². The Bertz CT molecular complexity index is 514. The second kappa shape index (κ2) is 8.05. The number of unbranched alkanes of at least 4 members (excludes halogenated alkanes) is 1. The lowest BCUT2D eigenvalue weighted by Gasteiger charge is -2.29. The lowest BCUT2D eigenvalue weighted by Crippen LogP contribution is -2.35. The molecule has 1 aromatic rings. The Morgan fingerprint density at radius 1 is 1.36 bits per heavy atom. The van der Waals surface area contributed by atoms with Crippen LogP contribution >= 0.6 is 11.8 Å². The predicted molar refractivity (Wildman–Crippen MR) is 96.1 cm³/mol. The molecule has 1 heterocycles. The second-order valence-electron chi connectivity index (χ2n) is 6.36. The number of carbonyl (C=O) groups is 1. The number of hydrogen-bond acceptors (Lipinski definition) is 2. The Morgan fingerprint density at radius 3 is 2.77 bits per heavy atom. The third-order valence-electron chi connectivity index (χ3n) is 4.61. The third kappa shape index (κ3) is 3.87. The highest BCUT2D eigenvalue weighted by atomic mass is 32.2. The van der Waals surface area contributed by atoms with Crippen molar-refractivity contribution in [2.24, 2.45) is 5.92 Å². The van der Waals surface area contributed by atoms with Crippen molar-refractivity contribution in [1.82, 2.24) is 4.90 Å². The predicted octanol–water partition coefficient (Wildman–Crippen LogP) is 5.09. The number of amides is 1. The van der Waals surface area contributed by atoms with E-state index in [1.807, 2.05) is 11.8 Å². The van der Waals surface area contributed by atoms with Crippen molar-refractivity contribution in [3.05, 3.63) is 34.9 Å². The maximum absolute atomic E-state index is 13.0. The van der Waals surface area contributed by atoms with E-state index in [9.17, 15) is 4.79 Å². The van der Waals surface area contributed by atoms with Crippen LogP contribution in [0, 0.1) is 19.8 Å². The largest absolute Gasteiger partial charge is 0.325 e. The van der Waals surface area contributed by atoms with Crippen molar-refractivity contribution in [3.63, 3.8) is 0 Å². The quantitative estimate of drug-likeness (QED) is 0.727. The summed E-state index contributed by atoms with van der Waals surface area (Å²) in [5.74, 6) is 1.62. The highest BCUT2D eigenvalue weighted by Crippen LogP contribution is 2.40. The molecule has 1 aliphatic heterocycles. The number of carbonyl (C=O) groups excluding carboxylic acids is 1. The highest BCUT2D eigenvalue weighted by molar-refractivity contribution is 7.99. The van der Waals surface area contributed by atoms with Gasteiger partial charge in [0, 0.05) is 18.2 Å². The summed E-state index contributed by atoms with van der Waals surface area (Å²) in [6.45, 7) is 9.52. The minimum absolute atomic E-state index is 0.201. The molecule has 0 radical (unpaired) electrons. The first kappa shape index (κ1) is 17.4. The molecule has 0 saturated carbocycles. The Labute approximate surface area is 139 Å². The number of benzene rings is 1. The van der Waals surface area contributed by atoms with Crippen molar-refractivity contribution < 1.29 is 4.79 Å². The monoisotopic (exact) mass is 319 g/mol. The average Bonchev–Trinajstić information content (AvgIpc) is 2.97. The van der Waals surface area contributed by atoms with E-state index in [1.54, 1.807) is 0 Å². The molecule has 2 rings (SSSR count). The molecule has 0 N–H and O–H groups in total. The molecule has 3 heteroatoms. The molecule has 1 fully saturated rings. The van der Waals surface area contributed by atoms with Crippen LogP contribution < -0.4 is 0 Å². The molecule has 1 saturated heterocycles. The standard InChI is InChI=1S/C19H29NOS/c1-5-7-8-16(6-2)18(21)20-11-12-22-19(20)17-10-9-14(3)13-15(17)4/h9-10,13,16,19H,5-8,11-12H2,1-4H3/t16-,19-/m1/s1. The van der Waals surface area contributed by atoms with E-state index in [1.165, 1.54) is 23.1 Å². The van der Waals surface area contributed by atoms with Crippen LogP contribution in [-0.4, -0.2) is 23.1 Å². The Hall–Kier alpha value is -0.960. The molecular formula is C19H29NOS. The third-order valence-corrected chi connectivity index (χ3v) is 5.86. The normalized spacial score (nSPS) is 19.5. The van der Waals surface area contributed by atoms with Crippen molar-refractivity contribution in [3.8, 4) is 0 Å². The molecule has 1 aliphatic rings. The number of rotatable bonds is 6. The first-order valence-electron chi connectivity index (χ1n) is 8.57. The molecule has 2 atom stereocenters. The lowest BCUT2D eigenvalue weighted by molar-refractivity contribution is -0.136. The molecule has 1 amide bonds. The summed E-state index contributed by atoms with van der Waals surface area (Å²) < 4.78 is 0. The van der Waals surface area contributed by atoms with Crippen LogP contribution in [0.15, 0.2) is 18.2 Å². The van der Waals surface area contributed by atoms with Gasteiger partial charge in [-0.15, -0.1) is 11.8 Å². The van der Waals surface area contributed by atoms with Crippen molar-refractivity contribution in [1.29, 1.82) is 0 Å². The Kier molecular flexibility index (Phi) is 6.37. The molecule has 2 nitrogen and oxygen atoms in total. The molecule has 0 bridgehead atoms. The van der Waals surface area contributed by atoms with Gasteiger partial charge in [0.2, 0.25) is 5.91 Å². The summed E-state index contributed by atoms with van der Waals surface area (Å²) in [6, 6.07) is 6.60. The van der Waals surface area contributed by atoms with Gasteiger partial charge in [-0.2, -0.15) is 0 Å². The van der Waals surface area contributed by atoms with Crippen LogP contribution in [0.25, 0.3) is 0 Å². The van der Waals surface area contributed by atoms with Crippen LogP contribution in [0.4, 0.5) is 0 Å². The fourth-order valence-corrected chi connectivity index (χ4v) is 4.60. The van der Waals surface area contributed by atoms with E-state index in [0.29, 0.717) is 5.91 Å². The zero-order valence-electron chi connectivity index (χ0n) is 14.4. The van der Waals surface area contributed by atoms with E-state index in [2.05, 4.69) is 50.8 Å². The number of thioether (sulfide) groups is 1. The van der Waals surface area contributed by atoms with Gasteiger partial charge in [-0.1, -0.05) is 50.5 Å². The first-order chi connectivity index (χ1) is 10.6. The van der Waals surface area contributed by atoms with Crippen LogP contribution in [0.3, 0.4) is 0 Å². The Morgan fingerprint density at radius 2 is 2.14 bits per heavy atom. The van der Waals surface area contributed by atoms with Crippen molar-refractivity contribution in [2.45, 2.75) is 58.8 Å². The van der Waals surface area contributed by atoms with Gasteiger partial charge in [0.05, 0.1) is 0 Å². The zero-order valence-corrected chi connectivity index (χ0v) is 15.2.